The minimum absolute atomic E-state index is 0.0761. The average Bonchev–Trinajstić information content (AvgIpc) is 3.44. The van der Waals surface area contributed by atoms with Gasteiger partial charge < -0.3 is 9.88 Å². The Morgan fingerprint density at radius 3 is 2.58 bits per heavy atom. The van der Waals surface area contributed by atoms with Crippen molar-refractivity contribution in [2.45, 2.75) is 51.1 Å². The van der Waals surface area contributed by atoms with Crippen molar-refractivity contribution in [2.75, 3.05) is 0 Å². The molecule has 1 aromatic carbocycles. The van der Waals surface area contributed by atoms with Gasteiger partial charge in [-0.25, -0.2) is 8.78 Å². The lowest BCUT2D eigenvalue weighted by Crippen LogP contribution is -2.42. The van der Waals surface area contributed by atoms with Crippen molar-refractivity contribution in [3.63, 3.8) is 0 Å². The fourth-order valence-electron chi connectivity index (χ4n) is 3.04. The van der Waals surface area contributed by atoms with Crippen molar-refractivity contribution in [1.29, 1.82) is 0 Å². The van der Waals surface area contributed by atoms with Gasteiger partial charge in [0.2, 0.25) is 0 Å². The highest BCUT2D eigenvalue weighted by atomic mass is 19.3. The zero-order valence-corrected chi connectivity index (χ0v) is 14.6. The Labute approximate surface area is 150 Å². The Morgan fingerprint density at radius 1 is 1.27 bits per heavy atom. The molecule has 2 aromatic rings. The van der Waals surface area contributed by atoms with E-state index in [9.17, 15) is 18.4 Å². The van der Waals surface area contributed by atoms with E-state index >= 15 is 0 Å². The van der Waals surface area contributed by atoms with E-state index < -0.39 is 23.8 Å². The molecule has 1 unspecified atom stereocenters. The van der Waals surface area contributed by atoms with Crippen molar-refractivity contribution in [3.05, 3.63) is 69.6 Å². The predicted octanol–water partition coefficient (Wildman–Crippen LogP) is 3.49. The van der Waals surface area contributed by atoms with Gasteiger partial charge in [0, 0.05) is 24.0 Å². The largest absolute Gasteiger partial charge is 0.348 e. The molecule has 0 saturated heterocycles. The summed E-state index contributed by atoms with van der Waals surface area (Å²) in [4.78, 5) is 24.6. The molecule has 1 atom stereocenters. The highest BCUT2D eigenvalue weighted by Gasteiger charge is 2.27. The molecule has 1 aliphatic carbocycles. The van der Waals surface area contributed by atoms with Crippen LogP contribution in [0.1, 0.15) is 46.9 Å². The average molecular weight is 360 g/mol. The van der Waals surface area contributed by atoms with Crippen LogP contribution in [0.15, 0.2) is 47.4 Å². The number of nitrogens with one attached hydrogen (secondary N) is 1. The fourth-order valence-corrected chi connectivity index (χ4v) is 3.04. The van der Waals surface area contributed by atoms with Crippen LogP contribution in [0.3, 0.4) is 0 Å². The molecule has 1 aliphatic rings. The normalized spacial score (nSPS) is 15.1. The van der Waals surface area contributed by atoms with Crippen molar-refractivity contribution in [3.8, 4) is 0 Å². The zero-order chi connectivity index (χ0) is 18.7. The van der Waals surface area contributed by atoms with Gasteiger partial charge in [0.15, 0.2) is 5.43 Å². The molecular formula is C20H22F2N2O2. The number of amides is 1. The first-order chi connectivity index (χ1) is 12.5. The van der Waals surface area contributed by atoms with Gasteiger partial charge in [-0.15, -0.1) is 0 Å². The minimum atomic E-state index is -2.70. The van der Waals surface area contributed by atoms with E-state index in [1.165, 1.54) is 12.3 Å². The number of rotatable bonds is 7. The van der Waals surface area contributed by atoms with Crippen LogP contribution in [-0.2, 0) is 6.42 Å². The van der Waals surface area contributed by atoms with Gasteiger partial charge in [-0.1, -0.05) is 30.3 Å². The van der Waals surface area contributed by atoms with Crippen LogP contribution in [0.25, 0.3) is 0 Å². The van der Waals surface area contributed by atoms with E-state index in [0.29, 0.717) is 12.5 Å². The van der Waals surface area contributed by atoms with Gasteiger partial charge >= 0.3 is 0 Å². The van der Waals surface area contributed by atoms with E-state index in [-0.39, 0.29) is 12.0 Å². The third kappa shape index (κ3) is 4.36. The number of nitrogens with zero attached hydrogens (tertiary/aromatic N) is 1. The molecular weight excluding hydrogens is 338 g/mol. The first-order valence-electron chi connectivity index (χ1n) is 8.81. The molecule has 0 radical (unpaired) electrons. The number of carbonyl (C=O) groups excluding carboxylic acids is 1. The number of benzene rings is 1. The molecule has 138 valence electrons. The van der Waals surface area contributed by atoms with Crippen LogP contribution in [0.5, 0.6) is 0 Å². The number of hydrogen-bond donors (Lipinski definition) is 1. The lowest BCUT2D eigenvalue weighted by atomic mass is 10.0. The number of halogens is 2. The number of aryl methyl sites for hydroxylation is 2. The number of aromatic nitrogens is 1. The number of pyridine rings is 1. The molecule has 1 fully saturated rings. The standard InChI is InChI=1S/C20H22F2N2O2/c1-13-11-18(25)16(12-24(13)15-8-9-15)20(26)23-17(19(21)22)10-7-14-5-3-2-4-6-14/h2-6,11-12,15,17,19H,7-10H2,1H3,(H,23,26). The molecule has 4 nitrogen and oxygen atoms in total. The molecule has 6 heteroatoms. The summed E-state index contributed by atoms with van der Waals surface area (Å²) < 4.78 is 28.6. The Morgan fingerprint density at radius 2 is 1.96 bits per heavy atom. The molecule has 26 heavy (non-hydrogen) atoms. The zero-order valence-electron chi connectivity index (χ0n) is 14.6. The highest BCUT2D eigenvalue weighted by molar-refractivity contribution is 5.94. The van der Waals surface area contributed by atoms with Gasteiger partial charge in [-0.2, -0.15) is 0 Å². The topological polar surface area (TPSA) is 51.1 Å². The van der Waals surface area contributed by atoms with Crippen LogP contribution in [0.4, 0.5) is 8.78 Å². The smallest absolute Gasteiger partial charge is 0.258 e. The van der Waals surface area contributed by atoms with Crippen molar-refractivity contribution in [1.82, 2.24) is 9.88 Å². The molecule has 1 amide bonds. The third-order valence-electron chi connectivity index (χ3n) is 4.67. The molecule has 1 heterocycles. The van der Waals surface area contributed by atoms with E-state index in [1.54, 1.807) is 0 Å². The molecule has 0 bridgehead atoms. The van der Waals surface area contributed by atoms with Gasteiger partial charge in [0.05, 0.1) is 6.04 Å². The maximum atomic E-state index is 13.4. The fraction of sp³-hybridized carbons (Fsp3) is 0.400. The van der Waals surface area contributed by atoms with Crippen molar-refractivity contribution >= 4 is 5.91 Å². The van der Waals surface area contributed by atoms with Gasteiger partial charge in [-0.3, -0.25) is 9.59 Å². The van der Waals surface area contributed by atoms with E-state index in [4.69, 9.17) is 0 Å². The molecule has 0 aliphatic heterocycles. The van der Waals surface area contributed by atoms with E-state index in [2.05, 4.69) is 5.32 Å². The number of alkyl halides is 2. The summed E-state index contributed by atoms with van der Waals surface area (Å²) in [6, 6.07) is 9.67. The molecule has 1 saturated carbocycles. The maximum absolute atomic E-state index is 13.4. The second-order valence-electron chi connectivity index (χ2n) is 6.77. The van der Waals surface area contributed by atoms with Crippen LogP contribution in [-0.4, -0.2) is 22.9 Å². The monoisotopic (exact) mass is 360 g/mol. The molecule has 0 spiro atoms. The van der Waals surface area contributed by atoms with Crippen LogP contribution in [0.2, 0.25) is 0 Å². The Bertz CT molecular complexity index is 829. The quantitative estimate of drug-likeness (QED) is 0.822. The molecule has 1 N–H and O–H groups in total. The van der Waals surface area contributed by atoms with Crippen molar-refractivity contribution < 1.29 is 13.6 Å². The minimum Gasteiger partial charge on any atom is -0.348 e. The summed E-state index contributed by atoms with van der Waals surface area (Å²) in [5.74, 6) is -0.734. The summed E-state index contributed by atoms with van der Waals surface area (Å²) >= 11 is 0. The number of hydrogen-bond acceptors (Lipinski definition) is 2. The summed E-state index contributed by atoms with van der Waals surface area (Å²) in [5.41, 5.74) is 1.20. The van der Waals surface area contributed by atoms with Crippen LogP contribution >= 0.6 is 0 Å². The summed E-state index contributed by atoms with van der Waals surface area (Å²) in [7, 11) is 0. The predicted molar refractivity (Wildman–Crippen MR) is 95.7 cm³/mol. The Kier molecular flexibility index (Phi) is 5.49. The van der Waals surface area contributed by atoms with Crippen molar-refractivity contribution in [2.24, 2.45) is 0 Å². The van der Waals surface area contributed by atoms with Crippen LogP contribution in [0, 0.1) is 6.92 Å². The van der Waals surface area contributed by atoms with Gasteiger partial charge in [0.1, 0.15) is 5.56 Å². The van der Waals surface area contributed by atoms with E-state index in [0.717, 1.165) is 24.1 Å². The third-order valence-corrected chi connectivity index (χ3v) is 4.67. The summed E-state index contributed by atoms with van der Waals surface area (Å²) in [5, 5.41) is 2.35. The van der Waals surface area contributed by atoms with Gasteiger partial charge in [-0.05, 0) is 38.2 Å². The SMILES string of the molecule is Cc1cc(=O)c(C(=O)NC(CCc2ccccc2)C(F)F)cn1C1CC1. The summed E-state index contributed by atoms with van der Waals surface area (Å²) in [6.07, 6.45) is 1.35. The Balaban J connectivity index is 1.72. The lowest BCUT2D eigenvalue weighted by Gasteiger charge is -2.18. The Hall–Kier alpha value is -2.50. The highest BCUT2D eigenvalue weighted by Crippen LogP contribution is 2.35. The second-order valence-corrected chi connectivity index (χ2v) is 6.77. The summed E-state index contributed by atoms with van der Waals surface area (Å²) in [6.45, 7) is 1.81. The van der Waals surface area contributed by atoms with E-state index in [1.807, 2.05) is 41.8 Å². The van der Waals surface area contributed by atoms with Gasteiger partial charge in [0.25, 0.3) is 12.3 Å². The second kappa shape index (κ2) is 7.81. The van der Waals surface area contributed by atoms with Crippen LogP contribution < -0.4 is 10.7 Å². The number of carbonyl (C=O) groups is 1. The lowest BCUT2D eigenvalue weighted by molar-refractivity contribution is 0.0725. The maximum Gasteiger partial charge on any atom is 0.258 e. The molecule has 1 aromatic heterocycles. The molecule has 3 rings (SSSR count). The first-order valence-corrected chi connectivity index (χ1v) is 8.81. The first kappa shape index (κ1) is 18.3.